The molecule has 2 aromatic rings. The number of aliphatic imine (C=N–C) groups is 1. The number of hydrogen-bond acceptors (Lipinski definition) is 6. The number of halogens is 1. The third kappa shape index (κ3) is 2.67. The first-order valence-electron chi connectivity index (χ1n) is 7.20. The lowest BCUT2D eigenvalue weighted by Gasteiger charge is -2.29. The van der Waals surface area contributed by atoms with E-state index < -0.39 is 23.4 Å². The van der Waals surface area contributed by atoms with Crippen molar-refractivity contribution in [1.29, 1.82) is 0 Å². The molecule has 0 fully saturated rings. The third-order valence-electron chi connectivity index (χ3n) is 3.99. The van der Waals surface area contributed by atoms with Crippen LogP contribution in [0.25, 0.3) is 0 Å². The van der Waals surface area contributed by atoms with Crippen LogP contribution in [-0.2, 0) is 9.53 Å². The zero-order valence-electron chi connectivity index (χ0n) is 13.0. The van der Waals surface area contributed by atoms with Crippen LogP contribution in [0.4, 0.5) is 11.8 Å². The summed E-state index contributed by atoms with van der Waals surface area (Å²) in [6.07, 6.45) is 0. The SMILES string of the molecule is COC(=O)C1C(C)=Nc2nc(N)[nH]c(=O)c2C1c1cccc(Cl)c1. The van der Waals surface area contributed by atoms with E-state index >= 15 is 0 Å². The van der Waals surface area contributed by atoms with Crippen LogP contribution in [-0.4, -0.2) is 28.8 Å². The van der Waals surface area contributed by atoms with Gasteiger partial charge in [-0.05, 0) is 24.6 Å². The second kappa shape index (κ2) is 6.09. The number of nitrogens with zero attached hydrogens (tertiary/aromatic N) is 2. The number of methoxy groups -OCH3 is 1. The number of nitrogen functional groups attached to an aromatic ring is 1. The normalized spacial score (nSPS) is 19.4. The first-order chi connectivity index (χ1) is 11.4. The summed E-state index contributed by atoms with van der Waals surface area (Å²) in [5, 5.41) is 0.498. The quantitative estimate of drug-likeness (QED) is 0.808. The molecule has 0 saturated heterocycles. The van der Waals surface area contributed by atoms with E-state index in [9.17, 15) is 9.59 Å². The molecule has 1 aliphatic rings. The van der Waals surface area contributed by atoms with E-state index in [-0.39, 0.29) is 17.3 Å². The van der Waals surface area contributed by atoms with Crippen molar-refractivity contribution >= 4 is 35.0 Å². The molecule has 1 aromatic heterocycles. The van der Waals surface area contributed by atoms with Gasteiger partial charge in [-0.3, -0.25) is 14.6 Å². The average Bonchev–Trinajstić information content (AvgIpc) is 2.52. The molecular weight excluding hydrogens is 332 g/mol. The number of rotatable bonds is 2. The number of carbonyl (C=O) groups is 1. The number of aromatic amines is 1. The molecule has 0 bridgehead atoms. The van der Waals surface area contributed by atoms with Crippen LogP contribution in [0.15, 0.2) is 34.1 Å². The number of nitrogens with one attached hydrogen (secondary N) is 1. The number of H-pyrrole nitrogens is 1. The number of benzene rings is 1. The van der Waals surface area contributed by atoms with Gasteiger partial charge in [-0.1, -0.05) is 23.7 Å². The van der Waals surface area contributed by atoms with Crippen molar-refractivity contribution in [3.8, 4) is 0 Å². The Balaban J connectivity index is 2.31. The van der Waals surface area contributed by atoms with Gasteiger partial charge in [-0.15, -0.1) is 0 Å². The maximum absolute atomic E-state index is 12.5. The van der Waals surface area contributed by atoms with Crippen LogP contribution in [0.5, 0.6) is 0 Å². The number of carbonyl (C=O) groups excluding carboxylic acids is 1. The first kappa shape index (κ1) is 16.2. The summed E-state index contributed by atoms with van der Waals surface area (Å²) in [5.41, 5.74) is 6.64. The van der Waals surface area contributed by atoms with Crippen molar-refractivity contribution in [3.63, 3.8) is 0 Å². The molecule has 2 heterocycles. The number of anilines is 1. The maximum Gasteiger partial charge on any atom is 0.315 e. The van der Waals surface area contributed by atoms with E-state index in [4.69, 9.17) is 22.1 Å². The highest BCUT2D eigenvalue weighted by molar-refractivity contribution is 6.30. The molecule has 1 aromatic carbocycles. The smallest absolute Gasteiger partial charge is 0.315 e. The van der Waals surface area contributed by atoms with Gasteiger partial charge in [0.25, 0.3) is 5.56 Å². The van der Waals surface area contributed by atoms with Gasteiger partial charge in [0.15, 0.2) is 5.82 Å². The maximum atomic E-state index is 12.5. The van der Waals surface area contributed by atoms with E-state index in [0.717, 1.165) is 0 Å². The molecule has 2 atom stereocenters. The summed E-state index contributed by atoms with van der Waals surface area (Å²) in [7, 11) is 1.30. The minimum atomic E-state index is -0.743. The fourth-order valence-electron chi connectivity index (χ4n) is 2.99. The Hall–Kier alpha value is -2.67. The summed E-state index contributed by atoms with van der Waals surface area (Å²) in [6.45, 7) is 1.70. The molecule has 0 radical (unpaired) electrons. The van der Waals surface area contributed by atoms with Crippen molar-refractivity contribution < 1.29 is 9.53 Å². The molecule has 2 unspecified atom stereocenters. The van der Waals surface area contributed by atoms with Crippen molar-refractivity contribution in [2.75, 3.05) is 12.8 Å². The predicted molar refractivity (Wildman–Crippen MR) is 90.8 cm³/mol. The Kier molecular flexibility index (Phi) is 4.11. The Labute approximate surface area is 142 Å². The van der Waals surface area contributed by atoms with E-state index in [1.54, 1.807) is 31.2 Å². The molecule has 0 aliphatic carbocycles. The molecule has 0 spiro atoms. The van der Waals surface area contributed by atoms with Crippen molar-refractivity contribution in [2.24, 2.45) is 10.9 Å². The summed E-state index contributed by atoms with van der Waals surface area (Å²) < 4.78 is 4.91. The Bertz CT molecular complexity index is 906. The number of nitrogens with two attached hydrogens (primary N) is 1. The van der Waals surface area contributed by atoms with Crippen molar-refractivity contribution in [2.45, 2.75) is 12.8 Å². The van der Waals surface area contributed by atoms with Crippen LogP contribution in [0, 0.1) is 5.92 Å². The minimum Gasteiger partial charge on any atom is -0.468 e. The molecule has 8 heteroatoms. The van der Waals surface area contributed by atoms with Crippen LogP contribution >= 0.6 is 11.6 Å². The van der Waals surface area contributed by atoms with E-state index in [2.05, 4.69) is 15.0 Å². The summed E-state index contributed by atoms with van der Waals surface area (Å²) in [5.74, 6) is -1.66. The highest BCUT2D eigenvalue weighted by Crippen LogP contribution is 2.40. The molecule has 0 amide bonds. The molecule has 24 heavy (non-hydrogen) atoms. The highest BCUT2D eigenvalue weighted by Gasteiger charge is 2.40. The minimum absolute atomic E-state index is 0.0309. The van der Waals surface area contributed by atoms with Gasteiger partial charge in [0.1, 0.15) is 5.92 Å². The number of esters is 1. The number of fused-ring (bicyclic) bond motifs is 1. The van der Waals surface area contributed by atoms with Crippen LogP contribution in [0.1, 0.15) is 24.0 Å². The van der Waals surface area contributed by atoms with Gasteiger partial charge in [-0.2, -0.15) is 4.98 Å². The second-order valence-corrected chi connectivity index (χ2v) is 5.91. The number of hydrogen-bond donors (Lipinski definition) is 2. The monoisotopic (exact) mass is 346 g/mol. The van der Waals surface area contributed by atoms with E-state index in [0.29, 0.717) is 16.3 Å². The molecule has 3 N–H and O–H groups in total. The van der Waals surface area contributed by atoms with Crippen LogP contribution < -0.4 is 11.3 Å². The summed E-state index contributed by atoms with van der Waals surface area (Å²) in [6, 6.07) is 6.98. The van der Waals surface area contributed by atoms with Crippen molar-refractivity contribution in [3.05, 3.63) is 50.8 Å². The Morgan fingerprint density at radius 1 is 1.42 bits per heavy atom. The van der Waals surface area contributed by atoms with Gasteiger partial charge < -0.3 is 10.5 Å². The Morgan fingerprint density at radius 2 is 2.17 bits per heavy atom. The van der Waals surface area contributed by atoms with Gasteiger partial charge in [0, 0.05) is 16.7 Å². The van der Waals surface area contributed by atoms with Crippen molar-refractivity contribution in [1.82, 2.24) is 9.97 Å². The molecular formula is C16H15ClN4O3. The fraction of sp³-hybridized carbons (Fsp3) is 0.250. The average molecular weight is 347 g/mol. The summed E-state index contributed by atoms with van der Waals surface area (Å²) >= 11 is 6.09. The Morgan fingerprint density at radius 3 is 2.83 bits per heavy atom. The molecule has 7 nitrogen and oxygen atoms in total. The topological polar surface area (TPSA) is 110 Å². The number of aromatic nitrogens is 2. The lowest BCUT2D eigenvalue weighted by molar-refractivity contribution is -0.143. The zero-order valence-corrected chi connectivity index (χ0v) is 13.8. The first-order valence-corrected chi connectivity index (χ1v) is 7.58. The second-order valence-electron chi connectivity index (χ2n) is 5.48. The lowest BCUT2D eigenvalue weighted by Crippen LogP contribution is -2.36. The summed E-state index contributed by atoms with van der Waals surface area (Å²) in [4.78, 5) is 35.7. The van der Waals surface area contributed by atoms with Gasteiger partial charge >= 0.3 is 5.97 Å². The van der Waals surface area contributed by atoms with Gasteiger partial charge in [0.2, 0.25) is 5.95 Å². The standard InChI is InChI=1S/C16H15ClN4O3/c1-7-10(15(23)24-2)11(8-4-3-5-9(17)6-8)12-13(19-7)20-16(18)21-14(12)22/h3-6,10-11H,1-2H3,(H3,18,20,21,22). The predicted octanol–water partition coefficient (Wildman–Crippen LogP) is 2.03. The number of ether oxygens (including phenoxy) is 1. The third-order valence-corrected chi connectivity index (χ3v) is 4.23. The van der Waals surface area contributed by atoms with Gasteiger partial charge in [0.05, 0.1) is 12.7 Å². The molecule has 0 saturated carbocycles. The molecule has 1 aliphatic heterocycles. The van der Waals surface area contributed by atoms with Gasteiger partial charge in [-0.25, -0.2) is 4.99 Å². The zero-order chi connectivity index (χ0) is 17.4. The molecule has 124 valence electrons. The molecule has 3 rings (SSSR count). The van der Waals surface area contributed by atoms with Crippen LogP contribution in [0.3, 0.4) is 0 Å². The van der Waals surface area contributed by atoms with E-state index in [1.165, 1.54) is 7.11 Å². The van der Waals surface area contributed by atoms with E-state index in [1.807, 2.05) is 0 Å². The fourth-order valence-corrected chi connectivity index (χ4v) is 3.19. The highest BCUT2D eigenvalue weighted by atomic mass is 35.5. The van der Waals surface area contributed by atoms with Crippen LogP contribution in [0.2, 0.25) is 5.02 Å². The lowest BCUT2D eigenvalue weighted by atomic mass is 9.77. The largest absolute Gasteiger partial charge is 0.468 e.